The zero-order chi connectivity index (χ0) is 32.6. The molecule has 0 saturated heterocycles. The van der Waals surface area contributed by atoms with E-state index in [1.165, 1.54) is 24.1 Å². The molecule has 0 aliphatic heterocycles. The van der Waals surface area contributed by atoms with E-state index < -0.39 is 34.4 Å². The molecule has 1 N–H and O–H groups in total. The number of amides is 2. The van der Waals surface area contributed by atoms with E-state index in [1.807, 2.05) is 44.2 Å². The second-order valence-corrected chi connectivity index (χ2v) is 13.3. The minimum Gasteiger partial charge on any atom is -0.497 e. The normalized spacial score (nSPS) is 12.0. The van der Waals surface area contributed by atoms with Gasteiger partial charge in [0, 0.05) is 34.6 Å². The maximum atomic E-state index is 14.5. The molecule has 1 unspecified atom stereocenters. The number of hydrogen-bond donors (Lipinski definition) is 1. The summed E-state index contributed by atoms with van der Waals surface area (Å²) in [7, 11) is -2.72. The molecule has 4 aromatic carbocycles. The van der Waals surface area contributed by atoms with Crippen molar-refractivity contribution in [3.63, 3.8) is 0 Å². The lowest BCUT2D eigenvalue weighted by Crippen LogP contribution is -2.54. The Labute approximate surface area is 274 Å². The number of nitrogens with one attached hydrogen (secondary N) is 1. The van der Waals surface area contributed by atoms with Crippen molar-refractivity contribution >= 4 is 50.7 Å². The molecule has 0 heterocycles. The van der Waals surface area contributed by atoms with Gasteiger partial charge in [0.2, 0.25) is 11.8 Å². The first-order valence-electron chi connectivity index (χ1n) is 14.3. The van der Waals surface area contributed by atoms with Crippen LogP contribution in [0.25, 0.3) is 0 Å². The Morgan fingerprint density at radius 2 is 1.40 bits per heavy atom. The van der Waals surface area contributed by atoms with Crippen LogP contribution in [0.3, 0.4) is 0 Å². The average Bonchev–Trinajstić information content (AvgIpc) is 3.03. The number of anilines is 1. The van der Waals surface area contributed by atoms with Crippen LogP contribution >= 0.6 is 23.2 Å². The van der Waals surface area contributed by atoms with Crippen LogP contribution in [0.4, 0.5) is 5.69 Å². The number of benzene rings is 4. The quantitative estimate of drug-likeness (QED) is 0.179. The topological polar surface area (TPSA) is 96.0 Å². The minimum atomic E-state index is -4.22. The third-order valence-corrected chi connectivity index (χ3v) is 9.56. The van der Waals surface area contributed by atoms with Gasteiger partial charge in [-0.1, -0.05) is 77.8 Å². The fourth-order valence-corrected chi connectivity index (χ4v) is 6.74. The molecule has 8 nitrogen and oxygen atoms in total. The number of carbonyl (C=O) groups excluding carboxylic acids is 2. The summed E-state index contributed by atoms with van der Waals surface area (Å²) in [4.78, 5) is 29.7. The summed E-state index contributed by atoms with van der Waals surface area (Å²) in [6, 6.07) is 27.2. The predicted octanol–water partition coefficient (Wildman–Crippen LogP) is 6.36. The number of carbonyl (C=O) groups is 2. The van der Waals surface area contributed by atoms with Gasteiger partial charge in [-0.15, -0.1) is 0 Å². The number of rotatable bonds is 13. The van der Waals surface area contributed by atoms with E-state index in [9.17, 15) is 18.0 Å². The molecule has 0 fully saturated rings. The standard InChI is InChI=1S/C34H35Cl2N3O5S/c1-24(2)37-34(41)32(21-25-11-6-4-7-12-25)38(22-29-30(35)15-10-16-31(29)36)33(40)23-39(26-17-19-27(44-3)20-18-26)45(42,43)28-13-8-5-9-14-28/h4-20,24,32H,21-23H2,1-3H3,(H,37,41). The van der Waals surface area contributed by atoms with E-state index in [-0.39, 0.29) is 29.6 Å². The van der Waals surface area contributed by atoms with Gasteiger partial charge in [-0.05, 0) is 67.9 Å². The summed E-state index contributed by atoms with van der Waals surface area (Å²) in [5.74, 6) is -0.501. The summed E-state index contributed by atoms with van der Waals surface area (Å²) in [6.45, 7) is 2.91. The number of methoxy groups -OCH3 is 1. The summed E-state index contributed by atoms with van der Waals surface area (Å²) >= 11 is 13.1. The first-order valence-corrected chi connectivity index (χ1v) is 16.5. The van der Waals surface area contributed by atoms with E-state index >= 15 is 0 Å². The van der Waals surface area contributed by atoms with Gasteiger partial charge in [0.1, 0.15) is 18.3 Å². The van der Waals surface area contributed by atoms with Crippen molar-refractivity contribution in [3.8, 4) is 5.75 Å². The molecular weight excluding hydrogens is 633 g/mol. The maximum Gasteiger partial charge on any atom is 0.264 e. The third kappa shape index (κ3) is 8.57. The Balaban J connectivity index is 1.83. The fourth-order valence-electron chi connectivity index (χ4n) is 4.79. The van der Waals surface area contributed by atoms with E-state index in [1.54, 1.807) is 60.7 Å². The van der Waals surface area contributed by atoms with Gasteiger partial charge in [-0.2, -0.15) is 0 Å². The molecule has 11 heteroatoms. The lowest BCUT2D eigenvalue weighted by atomic mass is 10.0. The van der Waals surface area contributed by atoms with Gasteiger partial charge in [0.25, 0.3) is 10.0 Å². The number of ether oxygens (including phenoxy) is 1. The van der Waals surface area contributed by atoms with E-state index in [4.69, 9.17) is 27.9 Å². The summed E-state index contributed by atoms with van der Waals surface area (Å²) in [5.41, 5.74) is 1.50. The summed E-state index contributed by atoms with van der Waals surface area (Å²) in [6.07, 6.45) is 0.168. The number of nitrogens with zero attached hydrogens (tertiary/aromatic N) is 2. The molecule has 236 valence electrons. The van der Waals surface area contributed by atoms with Gasteiger partial charge in [-0.3, -0.25) is 13.9 Å². The highest BCUT2D eigenvalue weighted by Crippen LogP contribution is 2.29. The molecular formula is C34H35Cl2N3O5S. The molecule has 4 aromatic rings. The van der Waals surface area contributed by atoms with Gasteiger partial charge in [-0.25, -0.2) is 8.42 Å². The van der Waals surface area contributed by atoms with Crippen LogP contribution in [-0.2, 0) is 32.6 Å². The van der Waals surface area contributed by atoms with Gasteiger partial charge < -0.3 is 15.0 Å². The first-order chi connectivity index (χ1) is 21.5. The van der Waals surface area contributed by atoms with Crippen LogP contribution in [0.1, 0.15) is 25.0 Å². The van der Waals surface area contributed by atoms with Crippen LogP contribution in [0.15, 0.2) is 108 Å². The van der Waals surface area contributed by atoms with Crippen molar-refractivity contribution in [3.05, 3.63) is 124 Å². The molecule has 0 spiro atoms. The lowest BCUT2D eigenvalue weighted by Gasteiger charge is -2.34. The Hall–Kier alpha value is -4.05. The minimum absolute atomic E-state index is 0.00713. The van der Waals surface area contributed by atoms with Gasteiger partial charge in [0.05, 0.1) is 17.7 Å². The van der Waals surface area contributed by atoms with E-state index in [2.05, 4.69) is 5.32 Å². The first kappa shape index (κ1) is 33.8. The van der Waals surface area contributed by atoms with Crippen molar-refractivity contribution < 1.29 is 22.7 Å². The third-order valence-electron chi connectivity index (χ3n) is 7.06. The second kappa shape index (κ2) is 15.3. The molecule has 0 aromatic heterocycles. The van der Waals surface area contributed by atoms with Crippen molar-refractivity contribution in [2.75, 3.05) is 18.0 Å². The van der Waals surface area contributed by atoms with E-state index in [0.29, 0.717) is 21.4 Å². The fraction of sp³-hybridized carbons (Fsp3) is 0.235. The van der Waals surface area contributed by atoms with Crippen molar-refractivity contribution in [2.24, 2.45) is 0 Å². The number of halogens is 2. The largest absolute Gasteiger partial charge is 0.497 e. The van der Waals surface area contributed by atoms with Gasteiger partial charge >= 0.3 is 0 Å². The number of hydrogen-bond acceptors (Lipinski definition) is 5. The van der Waals surface area contributed by atoms with Crippen molar-refractivity contribution in [2.45, 2.75) is 43.8 Å². The molecule has 0 radical (unpaired) electrons. The highest BCUT2D eigenvalue weighted by Gasteiger charge is 2.35. The molecule has 45 heavy (non-hydrogen) atoms. The molecule has 0 aliphatic carbocycles. The second-order valence-electron chi connectivity index (χ2n) is 10.6. The maximum absolute atomic E-state index is 14.5. The Morgan fingerprint density at radius 1 is 0.822 bits per heavy atom. The van der Waals surface area contributed by atoms with Crippen LogP contribution in [-0.4, -0.2) is 50.9 Å². The summed E-state index contributed by atoms with van der Waals surface area (Å²) in [5, 5.41) is 3.55. The Kier molecular flexibility index (Phi) is 11.5. The lowest BCUT2D eigenvalue weighted by molar-refractivity contribution is -0.140. The zero-order valence-electron chi connectivity index (χ0n) is 25.2. The van der Waals surface area contributed by atoms with E-state index in [0.717, 1.165) is 9.87 Å². The van der Waals surface area contributed by atoms with Crippen LogP contribution in [0.5, 0.6) is 5.75 Å². The molecule has 0 bridgehead atoms. The molecule has 0 saturated carbocycles. The van der Waals surface area contributed by atoms with Gasteiger partial charge in [0.15, 0.2) is 0 Å². The number of sulfonamides is 1. The zero-order valence-corrected chi connectivity index (χ0v) is 27.5. The van der Waals surface area contributed by atoms with Crippen LogP contribution in [0.2, 0.25) is 10.0 Å². The highest BCUT2D eigenvalue weighted by molar-refractivity contribution is 7.92. The van der Waals surface area contributed by atoms with Crippen molar-refractivity contribution in [1.82, 2.24) is 10.2 Å². The predicted molar refractivity (Wildman–Crippen MR) is 178 cm³/mol. The average molecular weight is 669 g/mol. The molecule has 1 atom stereocenters. The van der Waals surface area contributed by atoms with Crippen LogP contribution in [0, 0.1) is 0 Å². The smallest absolute Gasteiger partial charge is 0.264 e. The Morgan fingerprint density at radius 3 is 1.96 bits per heavy atom. The Bertz CT molecular complexity index is 1680. The van der Waals surface area contributed by atoms with Crippen LogP contribution < -0.4 is 14.4 Å². The summed E-state index contributed by atoms with van der Waals surface area (Å²) < 4.78 is 34.4. The molecule has 0 aliphatic rings. The molecule has 2 amide bonds. The van der Waals surface area contributed by atoms with Crippen molar-refractivity contribution in [1.29, 1.82) is 0 Å². The highest BCUT2D eigenvalue weighted by atomic mass is 35.5. The molecule has 4 rings (SSSR count). The monoisotopic (exact) mass is 667 g/mol. The SMILES string of the molecule is COc1ccc(N(CC(=O)N(Cc2c(Cl)cccc2Cl)C(Cc2ccccc2)C(=O)NC(C)C)S(=O)(=O)c2ccccc2)cc1.